The Labute approximate surface area is 179 Å². The van der Waals surface area contributed by atoms with Crippen LogP contribution in [-0.4, -0.2) is 18.8 Å². The zero-order chi connectivity index (χ0) is 20.7. The van der Waals surface area contributed by atoms with Crippen LogP contribution in [0.3, 0.4) is 0 Å². The van der Waals surface area contributed by atoms with Crippen LogP contribution in [0.2, 0.25) is 0 Å². The lowest BCUT2D eigenvalue weighted by Gasteiger charge is -2.17. The van der Waals surface area contributed by atoms with Crippen LogP contribution in [0.5, 0.6) is 0 Å². The molecule has 0 N–H and O–H groups in total. The summed E-state index contributed by atoms with van der Waals surface area (Å²) >= 11 is 3.40. The van der Waals surface area contributed by atoms with Crippen LogP contribution in [0.15, 0.2) is 79.3 Å². The van der Waals surface area contributed by atoms with Crippen molar-refractivity contribution in [2.75, 3.05) is 0 Å². The summed E-state index contributed by atoms with van der Waals surface area (Å²) in [7, 11) is 0. The van der Waals surface area contributed by atoms with Crippen LogP contribution in [0.1, 0.15) is 0 Å². The van der Waals surface area contributed by atoms with Gasteiger partial charge in [-0.1, -0.05) is 12.1 Å². The molecule has 0 saturated heterocycles. The van der Waals surface area contributed by atoms with Gasteiger partial charge in [-0.15, -0.1) is 0 Å². The number of rotatable bonds is 3. The first-order valence-electron chi connectivity index (χ1n) is 9.12. The quantitative estimate of drug-likeness (QED) is 0.317. The summed E-state index contributed by atoms with van der Waals surface area (Å²) in [6.45, 7) is 0. The van der Waals surface area contributed by atoms with E-state index in [9.17, 15) is 8.78 Å². The van der Waals surface area contributed by atoms with Gasteiger partial charge in [-0.25, -0.2) is 13.8 Å². The monoisotopic (exact) mass is 462 g/mol. The minimum absolute atomic E-state index is 0.315. The van der Waals surface area contributed by atoms with E-state index in [1.807, 2.05) is 12.1 Å². The average Bonchev–Trinajstić information content (AvgIpc) is 3.15. The van der Waals surface area contributed by atoms with Crippen molar-refractivity contribution in [2.24, 2.45) is 0 Å². The molecule has 4 nitrogen and oxygen atoms in total. The van der Waals surface area contributed by atoms with E-state index >= 15 is 0 Å². The van der Waals surface area contributed by atoms with Gasteiger partial charge in [0.1, 0.15) is 11.6 Å². The highest BCUT2D eigenvalue weighted by atomic mass is 79.9. The first-order chi connectivity index (χ1) is 14.6. The van der Waals surface area contributed by atoms with Crippen LogP contribution >= 0.6 is 16.1 Å². The fraction of sp³-hybridized carbons (Fsp3) is 0. The Hall–Kier alpha value is -3.45. The number of halogens is 3. The molecular weight excluding hydrogens is 450 g/mol. The number of pyridine rings is 2. The SMILES string of the molecule is Fc1ccc(-c2nc3c(cnn3Br)c(-c3ccc(F)cc3)c2-c2ccncc2)cc1. The molecule has 0 saturated carbocycles. The molecular formula is C23H13BrF2N4. The first kappa shape index (κ1) is 18.6. The van der Waals surface area contributed by atoms with E-state index in [0.29, 0.717) is 11.3 Å². The molecule has 5 aromatic rings. The third-order valence-electron chi connectivity index (χ3n) is 4.90. The molecule has 0 aliphatic heterocycles. The number of hydrogen-bond acceptors (Lipinski definition) is 3. The molecule has 0 bridgehead atoms. The van der Waals surface area contributed by atoms with Gasteiger partial charge in [-0.05, 0) is 59.7 Å². The number of nitrogens with zero attached hydrogens (tertiary/aromatic N) is 4. The van der Waals surface area contributed by atoms with Crippen molar-refractivity contribution in [3.63, 3.8) is 0 Å². The van der Waals surface area contributed by atoms with Crippen LogP contribution in [0.25, 0.3) is 44.5 Å². The van der Waals surface area contributed by atoms with Gasteiger partial charge in [-0.3, -0.25) is 4.98 Å². The Balaban J connectivity index is 1.94. The maximum absolute atomic E-state index is 13.6. The van der Waals surface area contributed by atoms with E-state index in [1.165, 1.54) is 28.0 Å². The number of benzene rings is 2. The molecule has 0 atom stereocenters. The van der Waals surface area contributed by atoms with E-state index in [1.54, 1.807) is 42.9 Å². The van der Waals surface area contributed by atoms with Gasteiger partial charge >= 0.3 is 0 Å². The topological polar surface area (TPSA) is 43.6 Å². The summed E-state index contributed by atoms with van der Waals surface area (Å²) in [6, 6.07) is 16.3. The molecule has 0 fully saturated rings. The van der Waals surface area contributed by atoms with Crippen molar-refractivity contribution >= 4 is 27.2 Å². The predicted octanol–water partition coefficient (Wildman–Crippen LogP) is 6.26. The molecule has 7 heteroatoms. The van der Waals surface area contributed by atoms with Crippen LogP contribution in [0, 0.1) is 11.6 Å². The number of aromatic nitrogens is 4. The summed E-state index contributed by atoms with van der Waals surface area (Å²) in [5.74, 6) is -0.640. The molecule has 3 aromatic heterocycles. The van der Waals surface area contributed by atoms with Gasteiger partial charge in [0.15, 0.2) is 5.65 Å². The van der Waals surface area contributed by atoms with E-state index in [0.717, 1.165) is 33.2 Å². The van der Waals surface area contributed by atoms with Crippen LogP contribution in [-0.2, 0) is 0 Å². The van der Waals surface area contributed by atoms with E-state index < -0.39 is 0 Å². The maximum atomic E-state index is 13.6. The Morgan fingerprint density at radius 1 is 0.700 bits per heavy atom. The summed E-state index contributed by atoms with van der Waals surface area (Å²) in [5.41, 5.74) is 5.42. The molecule has 2 aromatic carbocycles. The van der Waals surface area contributed by atoms with Crippen molar-refractivity contribution in [2.45, 2.75) is 0 Å². The predicted molar refractivity (Wildman–Crippen MR) is 116 cm³/mol. The molecule has 5 rings (SSSR count). The van der Waals surface area contributed by atoms with Gasteiger partial charge in [0, 0.05) is 34.5 Å². The van der Waals surface area contributed by atoms with Crippen LogP contribution < -0.4 is 0 Å². The number of fused-ring (bicyclic) bond motifs is 1. The molecule has 0 aliphatic rings. The van der Waals surface area contributed by atoms with E-state index in [2.05, 4.69) is 26.2 Å². The van der Waals surface area contributed by atoms with Gasteiger partial charge in [-0.2, -0.15) is 8.81 Å². The second kappa shape index (κ2) is 7.42. The smallest absolute Gasteiger partial charge is 0.171 e. The van der Waals surface area contributed by atoms with Gasteiger partial charge in [0.2, 0.25) is 0 Å². The molecule has 0 radical (unpaired) electrons. The normalized spacial score (nSPS) is 11.2. The first-order valence-corrected chi connectivity index (χ1v) is 9.83. The highest BCUT2D eigenvalue weighted by Gasteiger charge is 2.22. The second-order valence-corrected chi connectivity index (χ2v) is 7.37. The minimum Gasteiger partial charge on any atom is -0.265 e. The highest BCUT2D eigenvalue weighted by molar-refractivity contribution is 9.08. The summed E-state index contributed by atoms with van der Waals surface area (Å²) < 4.78 is 28.7. The molecule has 3 heterocycles. The fourth-order valence-corrected chi connectivity index (χ4v) is 3.91. The third-order valence-corrected chi connectivity index (χ3v) is 5.42. The zero-order valence-electron chi connectivity index (χ0n) is 15.4. The Kier molecular flexibility index (Phi) is 4.59. The second-order valence-electron chi connectivity index (χ2n) is 6.70. The van der Waals surface area contributed by atoms with Crippen LogP contribution in [0.4, 0.5) is 8.78 Å². The molecule has 0 unspecified atom stereocenters. The Bertz CT molecular complexity index is 1350. The standard InChI is InChI=1S/C23H13BrF2N4/c24-30-23-19(13-28-30)20(14-1-5-17(25)6-2-14)21(15-9-11-27-12-10-15)22(29-23)16-3-7-18(26)8-4-16/h1-13H. The van der Waals surface area contributed by atoms with Gasteiger partial charge in [0.05, 0.1) is 28.0 Å². The summed E-state index contributed by atoms with van der Waals surface area (Å²) in [5, 5.41) is 5.11. The van der Waals surface area contributed by atoms with E-state index in [4.69, 9.17) is 4.98 Å². The Morgan fingerprint density at radius 3 is 1.90 bits per heavy atom. The lowest BCUT2D eigenvalue weighted by Crippen LogP contribution is -1.97. The van der Waals surface area contributed by atoms with Crippen molar-refractivity contribution in [1.29, 1.82) is 0 Å². The minimum atomic E-state index is -0.324. The zero-order valence-corrected chi connectivity index (χ0v) is 17.0. The van der Waals surface area contributed by atoms with Gasteiger partial charge < -0.3 is 0 Å². The maximum Gasteiger partial charge on any atom is 0.171 e. The largest absolute Gasteiger partial charge is 0.265 e. The van der Waals surface area contributed by atoms with Crippen molar-refractivity contribution in [1.82, 2.24) is 18.8 Å². The highest BCUT2D eigenvalue weighted by Crippen LogP contribution is 2.43. The third kappa shape index (κ3) is 3.17. The summed E-state index contributed by atoms with van der Waals surface area (Å²) in [4.78, 5) is 8.97. The molecule has 0 amide bonds. The molecule has 30 heavy (non-hydrogen) atoms. The number of hydrogen-bond donors (Lipinski definition) is 0. The summed E-state index contributed by atoms with van der Waals surface area (Å²) in [6.07, 6.45) is 5.13. The molecule has 146 valence electrons. The van der Waals surface area contributed by atoms with E-state index in [-0.39, 0.29) is 11.6 Å². The average molecular weight is 463 g/mol. The van der Waals surface area contributed by atoms with Crippen molar-refractivity contribution in [3.8, 4) is 33.5 Å². The van der Waals surface area contributed by atoms with Crippen molar-refractivity contribution in [3.05, 3.63) is 90.9 Å². The lowest BCUT2D eigenvalue weighted by molar-refractivity contribution is 0.627. The van der Waals surface area contributed by atoms with Crippen molar-refractivity contribution < 1.29 is 8.78 Å². The molecule has 0 aliphatic carbocycles. The molecule has 0 spiro atoms. The fourth-order valence-electron chi connectivity index (χ4n) is 3.55. The lowest BCUT2D eigenvalue weighted by atomic mass is 9.90. The van der Waals surface area contributed by atoms with Gasteiger partial charge in [0.25, 0.3) is 0 Å². The Morgan fingerprint density at radius 2 is 1.27 bits per heavy atom.